The van der Waals surface area contributed by atoms with Gasteiger partial charge in [-0.2, -0.15) is 0 Å². The van der Waals surface area contributed by atoms with Crippen molar-refractivity contribution in [3.05, 3.63) is 42.2 Å². The number of anilines is 1. The Morgan fingerprint density at radius 3 is 2.79 bits per heavy atom. The highest BCUT2D eigenvalue weighted by molar-refractivity contribution is 5.84. The fraction of sp³-hybridized carbons (Fsp3) is 0.0714. The molecule has 0 unspecified atom stereocenters. The molecular weight excluding hydrogens is 246 g/mol. The molecule has 0 aliphatic heterocycles. The van der Waals surface area contributed by atoms with E-state index in [2.05, 4.69) is 0 Å². The van der Waals surface area contributed by atoms with Crippen LogP contribution < -0.4 is 10.5 Å². The van der Waals surface area contributed by atoms with Crippen molar-refractivity contribution < 1.29 is 19.1 Å². The largest absolute Gasteiger partial charge is 0.495 e. The number of nitrogens with two attached hydrogens (primary N) is 1. The molecule has 2 aromatic rings. The molecule has 0 spiro atoms. The highest BCUT2D eigenvalue weighted by Crippen LogP contribution is 2.29. The highest BCUT2D eigenvalue weighted by atomic mass is 16.5. The molecule has 2 rings (SSSR count). The van der Waals surface area contributed by atoms with Crippen LogP contribution in [0, 0.1) is 0 Å². The Kier molecular flexibility index (Phi) is 3.56. The number of hydrogen-bond acceptors (Lipinski definition) is 4. The van der Waals surface area contributed by atoms with E-state index in [4.69, 9.17) is 20.0 Å². The number of ether oxygens (including phenoxy) is 1. The lowest BCUT2D eigenvalue weighted by Crippen LogP contribution is -1.92. The minimum absolute atomic E-state index is 0.465. The van der Waals surface area contributed by atoms with Gasteiger partial charge in [-0.1, -0.05) is 0 Å². The molecule has 0 fully saturated rings. The summed E-state index contributed by atoms with van der Waals surface area (Å²) in [5.41, 5.74) is 7.13. The first kappa shape index (κ1) is 12.8. The van der Waals surface area contributed by atoms with E-state index in [0.29, 0.717) is 23.0 Å². The fourth-order valence-electron chi connectivity index (χ4n) is 1.64. The molecule has 5 nitrogen and oxygen atoms in total. The minimum atomic E-state index is -1.02. The average Bonchev–Trinajstić information content (AvgIpc) is 2.85. The molecule has 0 radical (unpaired) electrons. The Morgan fingerprint density at radius 1 is 1.37 bits per heavy atom. The van der Waals surface area contributed by atoms with Gasteiger partial charge in [0.2, 0.25) is 0 Å². The van der Waals surface area contributed by atoms with Crippen LogP contribution >= 0.6 is 0 Å². The molecule has 1 aromatic heterocycles. The SMILES string of the molecule is COc1ccc(-c2ccc(/C=C/C(=O)O)o2)cc1N. The summed E-state index contributed by atoms with van der Waals surface area (Å²) in [6.45, 7) is 0. The first-order chi connectivity index (χ1) is 9.10. The van der Waals surface area contributed by atoms with Gasteiger partial charge in [-0.25, -0.2) is 4.79 Å². The van der Waals surface area contributed by atoms with Gasteiger partial charge in [0.05, 0.1) is 12.8 Å². The van der Waals surface area contributed by atoms with Gasteiger partial charge in [0.1, 0.15) is 17.3 Å². The average molecular weight is 259 g/mol. The number of furan rings is 1. The Labute approximate surface area is 109 Å². The predicted molar refractivity (Wildman–Crippen MR) is 71.8 cm³/mol. The van der Waals surface area contributed by atoms with E-state index in [-0.39, 0.29) is 0 Å². The van der Waals surface area contributed by atoms with Crippen molar-refractivity contribution in [1.82, 2.24) is 0 Å². The lowest BCUT2D eigenvalue weighted by Gasteiger charge is -2.05. The van der Waals surface area contributed by atoms with Gasteiger partial charge in [-0.3, -0.25) is 0 Å². The monoisotopic (exact) mass is 259 g/mol. The van der Waals surface area contributed by atoms with Gasteiger partial charge < -0.3 is 20.0 Å². The van der Waals surface area contributed by atoms with Crippen LogP contribution in [0.1, 0.15) is 5.76 Å². The number of carbonyl (C=O) groups is 1. The number of benzene rings is 1. The van der Waals surface area contributed by atoms with Crippen molar-refractivity contribution in [1.29, 1.82) is 0 Å². The molecule has 0 saturated carbocycles. The molecule has 0 saturated heterocycles. The van der Waals surface area contributed by atoms with E-state index in [1.165, 1.54) is 6.08 Å². The second-order valence-corrected chi connectivity index (χ2v) is 3.83. The number of aliphatic carboxylic acids is 1. The Hall–Kier alpha value is -2.69. The maximum Gasteiger partial charge on any atom is 0.328 e. The summed E-state index contributed by atoms with van der Waals surface area (Å²) >= 11 is 0. The molecule has 0 amide bonds. The zero-order chi connectivity index (χ0) is 13.8. The Bertz CT molecular complexity index is 628. The van der Waals surface area contributed by atoms with Crippen LogP contribution in [-0.4, -0.2) is 18.2 Å². The van der Waals surface area contributed by atoms with E-state index < -0.39 is 5.97 Å². The maximum atomic E-state index is 10.4. The summed E-state index contributed by atoms with van der Waals surface area (Å²) in [4.78, 5) is 10.4. The molecule has 5 heteroatoms. The molecule has 1 aromatic carbocycles. The van der Waals surface area contributed by atoms with Crippen LogP contribution in [0.15, 0.2) is 40.8 Å². The molecule has 98 valence electrons. The number of rotatable bonds is 4. The van der Waals surface area contributed by atoms with Crippen molar-refractivity contribution in [2.75, 3.05) is 12.8 Å². The van der Waals surface area contributed by atoms with Crippen molar-refractivity contribution >= 4 is 17.7 Å². The maximum absolute atomic E-state index is 10.4. The molecule has 0 bridgehead atoms. The standard InChI is InChI=1S/C14H13NO4/c1-18-13-5-2-9(8-11(13)15)12-6-3-10(19-12)4-7-14(16)17/h2-8H,15H2,1H3,(H,16,17)/b7-4+. The Balaban J connectivity index is 2.27. The number of carboxylic acids is 1. The van der Waals surface area contributed by atoms with Gasteiger partial charge >= 0.3 is 5.97 Å². The van der Waals surface area contributed by atoms with E-state index in [1.54, 1.807) is 31.4 Å². The number of nitrogen functional groups attached to an aromatic ring is 1. The quantitative estimate of drug-likeness (QED) is 0.651. The van der Waals surface area contributed by atoms with Crippen LogP contribution in [0.25, 0.3) is 17.4 Å². The number of hydrogen-bond donors (Lipinski definition) is 2. The zero-order valence-corrected chi connectivity index (χ0v) is 10.3. The molecule has 19 heavy (non-hydrogen) atoms. The van der Waals surface area contributed by atoms with Crippen LogP contribution in [0.3, 0.4) is 0 Å². The summed E-state index contributed by atoms with van der Waals surface area (Å²) in [6, 6.07) is 8.75. The van der Waals surface area contributed by atoms with Gasteiger partial charge in [0, 0.05) is 11.6 Å². The number of methoxy groups -OCH3 is 1. The molecule has 0 aliphatic carbocycles. The van der Waals surface area contributed by atoms with Crippen LogP contribution in [0.5, 0.6) is 5.75 Å². The first-order valence-corrected chi connectivity index (χ1v) is 5.55. The summed E-state index contributed by atoms with van der Waals surface area (Å²) in [7, 11) is 1.55. The molecule has 0 atom stereocenters. The second-order valence-electron chi connectivity index (χ2n) is 3.83. The van der Waals surface area contributed by atoms with E-state index in [1.807, 2.05) is 6.07 Å². The zero-order valence-electron chi connectivity index (χ0n) is 10.3. The summed E-state index contributed by atoms with van der Waals surface area (Å²) in [6.07, 6.45) is 2.41. The summed E-state index contributed by atoms with van der Waals surface area (Å²) in [5.74, 6) is 0.652. The lowest BCUT2D eigenvalue weighted by molar-refractivity contribution is -0.131. The topological polar surface area (TPSA) is 85.7 Å². The van der Waals surface area contributed by atoms with Gasteiger partial charge in [-0.05, 0) is 36.4 Å². The third-order valence-corrected chi connectivity index (χ3v) is 2.53. The summed E-state index contributed by atoms with van der Waals surface area (Å²) < 4.78 is 10.6. The van der Waals surface area contributed by atoms with Crippen LogP contribution in [0.4, 0.5) is 5.69 Å². The van der Waals surface area contributed by atoms with Gasteiger partial charge in [-0.15, -0.1) is 0 Å². The van der Waals surface area contributed by atoms with E-state index in [0.717, 1.165) is 11.6 Å². The van der Waals surface area contributed by atoms with Crippen molar-refractivity contribution in [2.24, 2.45) is 0 Å². The van der Waals surface area contributed by atoms with E-state index >= 15 is 0 Å². The van der Waals surface area contributed by atoms with Crippen LogP contribution in [0.2, 0.25) is 0 Å². The fourth-order valence-corrected chi connectivity index (χ4v) is 1.64. The minimum Gasteiger partial charge on any atom is -0.495 e. The normalized spacial score (nSPS) is 10.8. The molecule has 1 heterocycles. The molecule has 3 N–H and O–H groups in total. The van der Waals surface area contributed by atoms with Crippen molar-refractivity contribution in [3.8, 4) is 17.1 Å². The van der Waals surface area contributed by atoms with Crippen molar-refractivity contribution in [3.63, 3.8) is 0 Å². The lowest BCUT2D eigenvalue weighted by atomic mass is 10.1. The van der Waals surface area contributed by atoms with Gasteiger partial charge in [0.25, 0.3) is 0 Å². The molecular formula is C14H13NO4. The smallest absolute Gasteiger partial charge is 0.328 e. The number of carboxylic acid groups (broad SMARTS) is 1. The third kappa shape index (κ3) is 2.95. The Morgan fingerprint density at radius 2 is 2.16 bits per heavy atom. The van der Waals surface area contributed by atoms with Crippen molar-refractivity contribution in [2.45, 2.75) is 0 Å². The van der Waals surface area contributed by atoms with Crippen LogP contribution in [-0.2, 0) is 4.79 Å². The molecule has 0 aliphatic rings. The first-order valence-electron chi connectivity index (χ1n) is 5.55. The van der Waals surface area contributed by atoms with E-state index in [9.17, 15) is 4.79 Å². The van der Waals surface area contributed by atoms with Gasteiger partial charge in [0.15, 0.2) is 0 Å². The second kappa shape index (κ2) is 5.30. The predicted octanol–water partition coefficient (Wildman–Crippen LogP) is 2.64. The summed E-state index contributed by atoms with van der Waals surface area (Å²) in [5, 5.41) is 8.53. The highest BCUT2D eigenvalue weighted by Gasteiger charge is 2.06. The third-order valence-electron chi connectivity index (χ3n) is 2.53.